The SMILES string of the molecule is CC(C)C(O)N1CCC(c2noc3cc(F)ccc23)CC1.O=C(O)/C=C/C(=O)O. The van der Waals surface area contributed by atoms with Crippen LogP contribution in [0.2, 0.25) is 0 Å². The van der Waals surface area contributed by atoms with Crippen LogP contribution >= 0.6 is 0 Å². The minimum atomic E-state index is -1.26. The van der Waals surface area contributed by atoms with E-state index in [1.807, 2.05) is 13.8 Å². The number of benzene rings is 1. The highest BCUT2D eigenvalue weighted by molar-refractivity contribution is 5.89. The number of likely N-dealkylation sites (tertiary alicyclic amines) is 1. The molecular formula is C20H25FN2O6. The maximum Gasteiger partial charge on any atom is 0.328 e. The van der Waals surface area contributed by atoms with Gasteiger partial charge in [-0.25, -0.2) is 14.0 Å². The lowest BCUT2D eigenvalue weighted by Gasteiger charge is -2.36. The van der Waals surface area contributed by atoms with Gasteiger partial charge < -0.3 is 19.8 Å². The molecule has 1 aliphatic rings. The predicted molar refractivity (Wildman–Crippen MR) is 103 cm³/mol. The molecule has 1 aromatic heterocycles. The molecule has 3 rings (SSSR count). The standard InChI is InChI=1S/C16H21FN2O2.C4H4O4/c1-10(2)16(20)19-7-5-11(6-8-19)15-13-4-3-12(17)9-14(13)21-18-15;5-3(6)1-2-4(7)8/h3-4,9-11,16,20H,5-8H2,1-2H3;1-2H,(H,5,6)(H,7,8)/b;2-1+. The molecule has 2 aromatic rings. The molecule has 0 aliphatic carbocycles. The van der Waals surface area contributed by atoms with Crippen molar-refractivity contribution in [3.8, 4) is 0 Å². The van der Waals surface area contributed by atoms with Gasteiger partial charge in [0.1, 0.15) is 12.0 Å². The van der Waals surface area contributed by atoms with Gasteiger partial charge in [0.15, 0.2) is 5.58 Å². The van der Waals surface area contributed by atoms with E-state index in [9.17, 15) is 19.1 Å². The van der Waals surface area contributed by atoms with E-state index in [0.29, 0.717) is 23.7 Å². The number of nitrogens with zero attached hydrogens (tertiary/aromatic N) is 2. The number of halogens is 1. The zero-order chi connectivity index (χ0) is 21.6. The highest BCUT2D eigenvalue weighted by Gasteiger charge is 2.28. The van der Waals surface area contributed by atoms with E-state index in [0.717, 1.165) is 37.0 Å². The quantitative estimate of drug-likeness (QED) is 0.645. The smallest absolute Gasteiger partial charge is 0.328 e. The van der Waals surface area contributed by atoms with E-state index in [1.54, 1.807) is 6.07 Å². The van der Waals surface area contributed by atoms with Gasteiger partial charge in [-0.2, -0.15) is 0 Å². The molecule has 9 heteroatoms. The monoisotopic (exact) mass is 408 g/mol. The molecule has 0 saturated carbocycles. The first-order valence-electron chi connectivity index (χ1n) is 9.30. The van der Waals surface area contributed by atoms with Crippen LogP contribution in [0.1, 0.15) is 38.3 Å². The average Bonchev–Trinajstić information content (AvgIpc) is 3.09. The van der Waals surface area contributed by atoms with Gasteiger partial charge in [-0.3, -0.25) is 4.90 Å². The molecule has 0 radical (unpaired) electrons. The molecule has 1 unspecified atom stereocenters. The van der Waals surface area contributed by atoms with Crippen LogP contribution in [0.15, 0.2) is 34.9 Å². The number of piperidine rings is 1. The minimum Gasteiger partial charge on any atom is -0.478 e. The van der Waals surface area contributed by atoms with Crippen LogP contribution in [-0.4, -0.2) is 56.6 Å². The summed E-state index contributed by atoms with van der Waals surface area (Å²) in [6, 6.07) is 4.57. The van der Waals surface area contributed by atoms with Crippen LogP contribution in [0.5, 0.6) is 0 Å². The molecule has 158 valence electrons. The summed E-state index contributed by atoms with van der Waals surface area (Å²) in [4.78, 5) is 21.2. The molecular weight excluding hydrogens is 383 g/mol. The number of carboxylic acid groups (broad SMARTS) is 2. The fourth-order valence-corrected chi connectivity index (χ4v) is 3.23. The zero-order valence-corrected chi connectivity index (χ0v) is 16.3. The first-order valence-corrected chi connectivity index (χ1v) is 9.30. The third kappa shape index (κ3) is 6.37. The number of hydrogen-bond acceptors (Lipinski definition) is 6. The van der Waals surface area contributed by atoms with Crippen molar-refractivity contribution in [1.82, 2.24) is 10.1 Å². The third-order valence-electron chi connectivity index (χ3n) is 4.72. The lowest BCUT2D eigenvalue weighted by Crippen LogP contribution is -2.43. The number of fused-ring (bicyclic) bond motifs is 1. The summed E-state index contributed by atoms with van der Waals surface area (Å²) in [7, 11) is 0. The number of aliphatic carboxylic acids is 2. The maximum atomic E-state index is 13.2. The Morgan fingerprint density at radius 2 is 1.79 bits per heavy atom. The van der Waals surface area contributed by atoms with E-state index in [2.05, 4.69) is 10.1 Å². The van der Waals surface area contributed by atoms with Crippen molar-refractivity contribution in [2.45, 2.75) is 38.8 Å². The van der Waals surface area contributed by atoms with E-state index < -0.39 is 11.9 Å². The molecule has 1 aromatic carbocycles. The van der Waals surface area contributed by atoms with Gasteiger partial charge in [0.2, 0.25) is 0 Å². The van der Waals surface area contributed by atoms with Crippen LogP contribution in [-0.2, 0) is 9.59 Å². The summed E-state index contributed by atoms with van der Waals surface area (Å²) in [6.07, 6.45) is 2.60. The summed E-state index contributed by atoms with van der Waals surface area (Å²) >= 11 is 0. The van der Waals surface area contributed by atoms with Crippen molar-refractivity contribution in [3.05, 3.63) is 41.9 Å². The topological polar surface area (TPSA) is 124 Å². The Balaban J connectivity index is 0.000000321. The number of aliphatic hydroxyl groups excluding tert-OH is 1. The number of carboxylic acids is 2. The lowest BCUT2D eigenvalue weighted by atomic mass is 9.91. The first-order chi connectivity index (χ1) is 13.7. The summed E-state index contributed by atoms with van der Waals surface area (Å²) in [5.41, 5.74) is 1.43. The molecule has 3 N–H and O–H groups in total. The number of aliphatic hydroxyl groups is 1. The molecule has 8 nitrogen and oxygen atoms in total. The Morgan fingerprint density at radius 1 is 1.21 bits per heavy atom. The van der Waals surface area contributed by atoms with Crippen LogP contribution in [0.25, 0.3) is 11.0 Å². The second-order valence-corrected chi connectivity index (χ2v) is 7.19. The van der Waals surface area contributed by atoms with Crippen LogP contribution in [0, 0.1) is 11.7 Å². The van der Waals surface area contributed by atoms with Crippen molar-refractivity contribution in [2.75, 3.05) is 13.1 Å². The number of carbonyl (C=O) groups is 2. The Hall–Kier alpha value is -2.78. The Labute approximate surface area is 167 Å². The molecule has 1 atom stereocenters. The maximum absolute atomic E-state index is 13.2. The minimum absolute atomic E-state index is 0.234. The molecule has 0 spiro atoms. The van der Waals surface area contributed by atoms with Gasteiger partial charge in [-0.1, -0.05) is 19.0 Å². The first kappa shape index (κ1) is 22.5. The van der Waals surface area contributed by atoms with E-state index in [-0.39, 0.29) is 18.0 Å². The second kappa shape index (κ2) is 10.1. The van der Waals surface area contributed by atoms with Crippen LogP contribution in [0.4, 0.5) is 4.39 Å². The molecule has 0 bridgehead atoms. The van der Waals surface area contributed by atoms with Crippen molar-refractivity contribution in [2.24, 2.45) is 5.92 Å². The Kier molecular flexibility index (Phi) is 7.86. The van der Waals surface area contributed by atoms with Gasteiger partial charge in [-0.15, -0.1) is 0 Å². The zero-order valence-electron chi connectivity index (χ0n) is 16.3. The fraction of sp³-hybridized carbons (Fsp3) is 0.450. The average molecular weight is 408 g/mol. The van der Waals surface area contributed by atoms with Gasteiger partial charge in [0.05, 0.1) is 5.69 Å². The number of aromatic nitrogens is 1. The fourth-order valence-electron chi connectivity index (χ4n) is 3.23. The van der Waals surface area contributed by atoms with E-state index in [1.165, 1.54) is 12.1 Å². The predicted octanol–water partition coefficient (Wildman–Crippen LogP) is 2.83. The molecule has 0 amide bonds. The van der Waals surface area contributed by atoms with Gasteiger partial charge >= 0.3 is 11.9 Å². The van der Waals surface area contributed by atoms with Gasteiger partial charge in [0.25, 0.3) is 0 Å². The molecule has 29 heavy (non-hydrogen) atoms. The Bertz CT molecular complexity index is 855. The normalized spacial score (nSPS) is 16.7. The third-order valence-corrected chi connectivity index (χ3v) is 4.72. The lowest BCUT2D eigenvalue weighted by molar-refractivity contribution is -0.134. The van der Waals surface area contributed by atoms with Crippen LogP contribution in [0.3, 0.4) is 0 Å². The summed E-state index contributed by atoms with van der Waals surface area (Å²) in [5.74, 6) is -2.27. The summed E-state index contributed by atoms with van der Waals surface area (Å²) < 4.78 is 18.4. The van der Waals surface area contributed by atoms with E-state index in [4.69, 9.17) is 14.7 Å². The largest absolute Gasteiger partial charge is 0.478 e. The Morgan fingerprint density at radius 3 is 2.31 bits per heavy atom. The van der Waals surface area contributed by atoms with E-state index >= 15 is 0 Å². The second-order valence-electron chi connectivity index (χ2n) is 7.19. The van der Waals surface area contributed by atoms with Crippen LogP contribution < -0.4 is 0 Å². The number of hydrogen-bond donors (Lipinski definition) is 3. The van der Waals surface area contributed by atoms with Crippen molar-refractivity contribution in [3.63, 3.8) is 0 Å². The van der Waals surface area contributed by atoms with Crippen molar-refractivity contribution >= 4 is 22.9 Å². The highest BCUT2D eigenvalue weighted by Crippen LogP contribution is 2.33. The van der Waals surface area contributed by atoms with Crippen molar-refractivity contribution < 1.29 is 33.8 Å². The molecule has 1 aliphatic heterocycles. The summed E-state index contributed by atoms with van der Waals surface area (Å²) in [5, 5.41) is 30.8. The highest BCUT2D eigenvalue weighted by atomic mass is 19.1. The summed E-state index contributed by atoms with van der Waals surface area (Å²) in [6.45, 7) is 5.74. The number of rotatable bonds is 5. The molecule has 2 heterocycles. The molecule has 1 saturated heterocycles. The molecule has 1 fully saturated rings. The van der Waals surface area contributed by atoms with Gasteiger partial charge in [0, 0.05) is 42.6 Å². The van der Waals surface area contributed by atoms with Gasteiger partial charge in [-0.05, 0) is 30.9 Å². The van der Waals surface area contributed by atoms with Crippen molar-refractivity contribution in [1.29, 1.82) is 0 Å².